The maximum absolute atomic E-state index is 5.94. The van der Waals surface area contributed by atoms with Crippen molar-refractivity contribution < 1.29 is 4.84 Å². The molecule has 0 spiro atoms. The number of aliphatic imine (C=N–C) groups is 1. The Hall–Kier alpha value is -1.03. The van der Waals surface area contributed by atoms with E-state index in [2.05, 4.69) is 48.0 Å². The van der Waals surface area contributed by atoms with Gasteiger partial charge in [0.15, 0.2) is 5.17 Å². The summed E-state index contributed by atoms with van der Waals surface area (Å²) in [5.41, 5.74) is 0.963. The van der Waals surface area contributed by atoms with E-state index in [1.807, 2.05) is 6.92 Å². The van der Waals surface area contributed by atoms with E-state index in [1.54, 1.807) is 6.08 Å². The molecule has 0 rings (SSSR count). The Balaban J connectivity index is 5.19. The van der Waals surface area contributed by atoms with Crippen LogP contribution in [0.4, 0.5) is 0 Å². The third-order valence-electron chi connectivity index (χ3n) is 1.97. The predicted octanol–water partition coefficient (Wildman–Crippen LogP) is 3.33. The SMILES string of the molecule is CCN=C(NC(C)(C)C)/C(=C/C(Cl)=NOC)CC. The molecule has 0 aromatic heterocycles. The van der Waals surface area contributed by atoms with Crippen LogP contribution in [0.5, 0.6) is 0 Å². The molecule has 0 aromatic rings. The minimum atomic E-state index is -0.0485. The molecule has 0 aromatic carbocycles. The van der Waals surface area contributed by atoms with Gasteiger partial charge >= 0.3 is 0 Å². The highest BCUT2D eigenvalue weighted by Crippen LogP contribution is 2.09. The first-order chi connectivity index (χ1) is 8.34. The van der Waals surface area contributed by atoms with Crippen LogP contribution < -0.4 is 5.32 Å². The zero-order valence-corrected chi connectivity index (χ0v) is 12.9. The molecule has 0 aliphatic rings. The molecule has 0 heterocycles. The zero-order valence-electron chi connectivity index (χ0n) is 12.2. The molecule has 0 atom stereocenters. The van der Waals surface area contributed by atoms with Crippen LogP contribution in [0, 0.1) is 0 Å². The quantitative estimate of drug-likeness (QED) is 0.474. The number of amidine groups is 1. The van der Waals surface area contributed by atoms with Crippen LogP contribution in [0.2, 0.25) is 0 Å². The maximum Gasteiger partial charge on any atom is 0.168 e. The molecule has 4 nitrogen and oxygen atoms in total. The number of allylic oxidation sites excluding steroid dienone is 1. The van der Waals surface area contributed by atoms with E-state index in [1.165, 1.54) is 7.11 Å². The van der Waals surface area contributed by atoms with Gasteiger partial charge in [-0.25, -0.2) is 0 Å². The van der Waals surface area contributed by atoms with Gasteiger partial charge in [0.25, 0.3) is 0 Å². The fourth-order valence-corrected chi connectivity index (χ4v) is 1.53. The second-order valence-electron chi connectivity index (χ2n) is 4.82. The third kappa shape index (κ3) is 7.33. The van der Waals surface area contributed by atoms with Gasteiger partial charge in [0.05, 0.1) is 0 Å². The second-order valence-corrected chi connectivity index (χ2v) is 5.20. The van der Waals surface area contributed by atoms with E-state index in [0.717, 1.165) is 24.4 Å². The highest BCUT2D eigenvalue weighted by molar-refractivity contribution is 6.68. The summed E-state index contributed by atoms with van der Waals surface area (Å²) in [7, 11) is 1.47. The van der Waals surface area contributed by atoms with Gasteiger partial charge in [-0.3, -0.25) is 4.99 Å². The van der Waals surface area contributed by atoms with Crippen LogP contribution in [0.3, 0.4) is 0 Å². The van der Waals surface area contributed by atoms with Gasteiger partial charge in [-0.1, -0.05) is 23.7 Å². The van der Waals surface area contributed by atoms with E-state index < -0.39 is 0 Å². The lowest BCUT2D eigenvalue weighted by molar-refractivity contribution is 0.215. The number of nitrogens with zero attached hydrogens (tertiary/aromatic N) is 2. The molecule has 1 N–H and O–H groups in total. The molecule has 0 bridgehead atoms. The van der Waals surface area contributed by atoms with Gasteiger partial charge in [-0.15, -0.1) is 0 Å². The number of oxime groups is 1. The molecule has 0 unspecified atom stereocenters. The largest absolute Gasteiger partial charge is 0.398 e. The first-order valence-electron chi connectivity index (χ1n) is 6.14. The molecule has 0 aliphatic carbocycles. The molecule has 18 heavy (non-hydrogen) atoms. The predicted molar refractivity (Wildman–Crippen MR) is 79.5 cm³/mol. The van der Waals surface area contributed by atoms with Gasteiger partial charge in [0.1, 0.15) is 12.9 Å². The summed E-state index contributed by atoms with van der Waals surface area (Å²) in [5, 5.41) is 7.37. The van der Waals surface area contributed by atoms with Crippen LogP contribution in [0.25, 0.3) is 0 Å². The molecule has 104 valence electrons. The number of hydrogen-bond donors (Lipinski definition) is 1. The fraction of sp³-hybridized carbons (Fsp3) is 0.692. The smallest absolute Gasteiger partial charge is 0.168 e. The summed E-state index contributed by atoms with van der Waals surface area (Å²) in [6.07, 6.45) is 2.59. The van der Waals surface area contributed by atoms with Crippen molar-refractivity contribution in [3.05, 3.63) is 11.6 Å². The average molecular weight is 274 g/mol. The van der Waals surface area contributed by atoms with E-state index >= 15 is 0 Å². The Morgan fingerprint density at radius 2 is 1.94 bits per heavy atom. The average Bonchev–Trinajstić information content (AvgIpc) is 2.24. The van der Waals surface area contributed by atoms with E-state index in [0.29, 0.717) is 5.17 Å². The van der Waals surface area contributed by atoms with Crippen LogP contribution in [0.1, 0.15) is 41.0 Å². The van der Waals surface area contributed by atoms with E-state index in [9.17, 15) is 0 Å². The van der Waals surface area contributed by atoms with Crippen molar-refractivity contribution >= 4 is 22.6 Å². The first-order valence-corrected chi connectivity index (χ1v) is 6.52. The minimum Gasteiger partial charge on any atom is -0.398 e. The van der Waals surface area contributed by atoms with Gasteiger partial charge in [0, 0.05) is 12.1 Å². The summed E-state index contributed by atoms with van der Waals surface area (Å²) in [5.74, 6) is 0.858. The van der Waals surface area contributed by atoms with Crippen molar-refractivity contribution in [2.75, 3.05) is 13.7 Å². The zero-order chi connectivity index (χ0) is 14.2. The Morgan fingerprint density at radius 3 is 2.33 bits per heavy atom. The normalized spacial score (nSPS) is 14.7. The van der Waals surface area contributed by atoms with Crippen molar-refractivity contribution in [2.24, 2.45) is 10.1 Å². The van der Waals surface area contributed by atoms with Gasteiger partial charge in [-0.05, 0) is 45.8 Å². The molecule has 0 fully saturated rings. The van der Waals surface area contributed by atoms with E-state index in [-0.39, 0.29) is 5.54 Å². The Kier molecular flexibility index (Phi) is 7.67. The van der Waals surface area contributed by atoms with Crippen molar-refractivity contribution in [2.45, 2.75) is 46.6 Å². The monoisotopic (exact) mass is 273 g/mol. The molecule has 5 heteroatoms. The summed E-state index contributed by atoms with van der Waals surface area (Å²) >= 11 is 5.94. The summed E-state index contributed by atoms with van der Waals surface area (Å²) in [4.78, 5) is 9.12. The van der Waals surface area contributed by atoms with Crippen molar-refractivity contribution in [1.82, 2.24) is 5.32 Å². The topological polar surface area (TPSA) is 46.0 Å². The second kappa shape index (κ2) is 8.14. The Bertz CT molecular complexity index is 341. The lowest BCUT2D eigenvalue weighted by Gasteiger charge is -2.24. The molecule has 0 radical (unpaired) electrons. The van der Waals surface area contributed by atoms with Gasteiger partial charge < -0.3 is 10.2 Å². The van der Waals surface area contributed by atoms with E-state index in [4.69, 9.17) is 11.6 Å². The molecular weight excluding hydrogens is 250 g/mol. The molecule has 0 saturated heterocycles. The molecule has 0 amide bonds. The standard InChI is InChI=1S/C13H24ClN3O/c1-7-10(9-11(14)17-18-6)12(15-8-2)16-13(3,4)5/h9H,7-8H2,1-6H3,(H,15,16)/b10-9+,17-11?. The van der Waals surface area contributed by atoms with Crippen LogP contribution in [-0.2, 0) is 4.84 Å². The highest BCUT2D eigenvalue weighted by Gasteiger charge is 2.15. The Morgan fingerprint density at radius 1 is 1.33 bits per heavy atom. The van der Waals surface area contributed by atoms with Crippen molar-refractivity contribution in [3.8, 4) is 0 Å². The summed E-state index contributed by atoms with van der Waals surface area (Å²) in [6.45, 7) is 11.1. The number of nitrogens with one attached hydrogen (secondary N) is 1. The lowest BCUT2D eigenvalue weighted by Crippen LogP contribution is -2.41. The molecule has 0 aliphatic heterocycles. The van der Waals surface area contributed by atoms with Crippen LogP contribution in [-0.4, -0.2) is 30.2 Å². The van der Waals surface area contributed by atoms with Gasteiger partial charge in [0.2, 0.25) is 0 Å². The summed E-state index contributed by atoms with van der Waals surface area (Å²) < 4.78 is 0. The number of rotatable bonds is 5. The van der Waals surface area contributed by atoms with Gasteiger partial charge in [-0.2, -0.15) is 0 Å². The number of halogens is 1. The Labute approximate surface area is 115 Å². The van der Waals surface area contributed by atoms with Crippen LogP contribution >= 0.6 is 11.6 Å². The summed E-state index contributed by atoms with van der Waals surface area (Å²) in [6, 6.07) is 0. The minimum absolute atomic E-state index is 0.0485. The molecule has 0 saturated carbocycles. The lowest BCUT2D eigenvalue weighted by atomic mass is 10.1. The van der Waals surface area contributed by atoms with Crippen molar-refractivity contribution in [3.63, 3.8) is 0 Å². The number of hydrogen-bond acceptors (Lipinski definition) is 3. The maximum atomic E-state index is 5.94. The third-order valence-corrected chi connectivity index (χ3v) is 2.14. The molecular formula is C13H24ClN3O. The van der Waals surface area contributed by atoms with Crippen LogP contribution in [0.15, 0.2) is 21.8 Å². The fourth-order valence-electron chi connectivity index (χ4n) is 1.33. The first kappa shape index (κ1) is 17.0. The van der Waals surface area contributed by atoms with Crippen molar-refractivity contribution in [1.29, 1.82) is 0 Å². The highest BCUT2D eigenvalue weighted by atomic mass is 35.5.